The van der Waals surface area contributed by atoms with Gasteiger partial charge < -0.3 is 14.8 Å². The summed E-state index contributed by atoms with van der Waals surface area (Å²) in [7, 11) is 3.30. The van der Waals surface area contributed by atoms with E-state index in [-0.39, 0.29) is 18.5 Å². The van der Waals surface area contributed by atoms with E-state index in [1.165, 1.54) is 0 Å². The molecule has 1 heterocycles. The number of ether oxygens (including phenoxy) is 2. The Balaban J connectivity index is 2.16. The molecular weight excluding hydrogens is 280 g/mol. The van der Waals surface area contributed by atoms with Gasteiger partial charge in [-0.25, -0.2) is 0 Å². The topological polar surface area (TPSA) is 50.8 Å². The van der Waals surface area contributed by atoms with Crippen LogP contribution < -0.4 is 14.8 Å². The molecule has 1 fully saturated rings. The number of amides is 1. The highest BCUT2D eigenvalue weighted by Crippen LogP contribution is 2.38. The first-order valence-corrected chi connectivity index (χ1v) is 7.35. The van der Waals surface area contributed by atoms with Gasteiger partial charge in [-0.1, -0.05) is 5.92 Å². The van der Waals surface area contributed by atoms with Crippen LogP contribution in [0.15, 0.2) is 18.2 Å². The van der Waals surface area contributed by atoms with Crippen molar-refractivity contribution in [1.29, 1.82) is 0 Å². The Morgan fingerprint density at radius 2 is 2.27 bits per heavy atom. The van der Waals surface area contributed by atoms with Crippen molar-refractivity contribution in [3.8, 4) is 23.8 Å². The number of carbonyl (C=O) groups is 1. The smallest absolute Gasteiger partial charge is 0.234 e. The van der Waals surface area contributed by atoms with Gasteiger partial charge in [0.2, 0.25) is 5.91 Å². The number of hydrogen-bond donors (Lipinski definition) is 1. The van der Waals surface area contributed by atoms with Crippen LogP contribution in [0.3, 0.4) is 0 Å². The lowest BCUT2D eigenvalue weighted by atomic mass is 10.0. The number of carbonyl (C=O) groups excluding carboxylic acids is 1. The van der Waals surface area contributed by atoms with Gasteiger partial charge in [0.15, 0.2) is 0 Å². The molecule has 1 aromatic carbocycles. The van der Waals surface area contributed by atoms with Gasteiger partial charge in [0.05, 0.1) is 27.3 Å². The zero-order chi connectivity index (χ0) is 15.9. The number of terminal acetylenes is 1. The summed E-state index contributed by atoms with van der Waals surface area (Å²) in [6, 6.07) is 5.92. The molecule has 1 atom stereocenters. The van der Waals surface area contributed by atoms with Crippen molar-refractivity contribution in [2.75, 3.05) is 33.9 Å². The predicted molar refractivity (Wildman–Crippen MR) is 84.9 cm³/mol. The maximum Gasteiger partial charge on any atom is 0.234 e. The van der Waals surface area contributed by atoms with Crippen molar-refractivity contribution >= 4 is 5.91 Å². The molecule has 0 saturated carbocycles. The van der Waals surface area contributed by atoms with Gasteiger partial charge in [0.25, 0.3) is 0 Å². The Labute approximate surface area is 131 Å². The van der Waals surface area contributed by atoms with E-state index in [1.807, 2.05) is 18.2 Å². The molecule has 1 aromatic rings. The van der Waals surface area contributed by atoms with Gasteiger partial charge in [-0.3, -0.25) is 9.69 Å². The van der Waals surface area contributed by atoms with Crippen molar-refractivity contribution in [3.05, 3.63) is 23.8 Å². The lowest BCUT2D eigenvalue weighted by Gasteiger charge is -2.25. The summed E-state index contributed by atoms with van der Waals surface area (Å²) in [6.45, 7) is 1.49. The zero-order valence-corrected chi connectivity index (χ0v) is 13.1. The standard InChI is InChI=1S/C17H22N2O3/c1-4-9-18-17(20)12-19-10-5-6-15(19)14-11-13(21-2)7-8-16(14)22-3/h1,7-8,11,15H,5-6,9-10,12H2,2-3H3,(H,18,20). The van der Waals surface area contributed by atoms with Gasteiger partial charge in [-0.2, -0.15) is 0 Å². The first-order chi connectivity index (χ1) is 10.7. The van der Waals surface area contributed by atoms with E-state index in [2.05, 4.69) is 16.1 Å². The molecule has 0 aromatic heterocycles. The lowest BCUT2D eigenvalue weighted by Crippen LogP contribution is -2.37. The van der Waals surface area contributed by atoms with E-state index < -0.39 is 0 Å². The maximum atomic E-state index is 11.9. The summed E-state index contributed by atoms with van der Waals surface area (Å²) >= 11 is 0. The maximum absolute atomic E-state index is 11.9. The molecule has 2 rings (SSSR count). The fourth-order valence-electron chi connectivity index (χ4n) is 2.86. The third kappa shape index (κ3) is 3.71. The number of likely N-dealkylation sites (tertiary alicyclic amines) is 1. The highest BCUT2D eigenvalue weighted by atomic mass is 16.5. The molecular formula is C17H22N2O3. The second-order valence-corrected chi connectivity index (χ2v) is 5.22. The largest absolute Gasteiger partial charge is 0.497 e. The minimum atomic E-state index is -0.0493. The molecule has 118 valence electrons. The highest BCUT2D eigenvalue weighted by molar-refractivity contribution is 5.78. The molecule has 1 unspecified atom stereocenters. The van der Waals surface area contributed by atoms with Gasteiger partial charge >= 0.3 is 0 Å². The van der Waals surface area contributed by atoms with Gasteiger partial charge in [0, 0.05) is 11.6 Å². The molecule has 0 aliphatic carbocycles. The number of rotatable bonds is 6. The van der Waals surface area contributed by atoms with Crippen LogP contribution in [0.2, 0.25) is 0 Å². The van der Waals surface area contributed by atoms with Crippen molar-refractivity contribution in [3.63, 3.8) is 0 Å². The van der Waals surface area contributed by atoms with Crippen molar-refractivity contribution in [2.45, 2.75) is 18.9 Å². The highest BCUT2D eigenvalue weighted by Gasteiger charge is 2.29. The van der Waals surface area contributed by atoms with Gasteiger partial charge in [-0.05, 0) is 37.6 Å². The van der Waals surface area contributed by atoms with Crippen molar-refractivity contribution in [1.82, 2.24) is 10.2 Å². The first-order valence-electron chi connectivity index (χ1n) is 7.35. The molecule has 1 aliphatic rings. The fraction of sp³-hybridized carbons (Fsp3) is 0.471. The van der Waals surface area contributed by atoms with Crippen LogP contribution in [0.25, 0.3) is 0 Å². The number of nitrogens with zero attached hydrogens (tertiary/aromatic N) is 1. The number of benzene rings is 1. The molecule has 1 saturated heterocycles. The molecule has 0 bridgehead atoms. The monoisotopic (exact) mass is 302 g/mol. The van der Waals surface area contributed by atoms with Crippen LogP contribution >= 0.6 is 0 Å². The van der Waals surface area contributed by atoms with Crippen LogP contribution in [-0.2, 0) is 4.79 Å². The van der Waals surface area contributed by atoms with Gasteiger partial charge in [-0.15, -0.1) is 6.42 Å². The minimum absolute atomic E-state index is 0.0493. The molecule has 5 nitrogen and oxygen atoms in total. The summed E-state index contributed by atoms with van der Waals surface area (Å²) in [6.07, 6.45) is 7.21. The van der Waals surface area contributed by atoms with Crippen LogP contribution in [0.1, 0.15) is 24.4 Å². The van der Waals surface area contributed by atoms with E-state index in [0.717, 1.165) is 36.4 Å². The van der Waals surface area contributed by atoms with E-state index in [0.29, 0.717) is 6.54 Å². The second-order valence-electron chi connectivity index (χ2n) is 5.22. The van der Waals surface area contributed by atoms with E-state index >= 15 is 0 Å². The SMILES string of the molecule is C#CCNC(=O)CN1CCCC1c1cc(OC)ccc1OC. The molecule has 5 heteroatoms. The normalized spacial score (nSPS) is 17.8. The summed E-state index contributed by atoms with van der Waals surface area (Å²) < 4.78 is 10.8. The summed E-state index contributed by atoms with van der Waals surface area (Å²) in [4.78, 5) is 14.1. The average molecular weight is 302 g/mol. The third-order valence-electron chi connectivity index (χ3n) is 3.89. The summed E-state index contributed by atoms with van der Waals surface area (Å²) in [5.74, 6) is 3.98. The number of methoxy groups -OCH3 is 2. The Morgan fingerprint density at radius 1 is 1.45 bits per heavy atom. The van der Waals surface area contributed by atoms with Crippen molar-refractivity contribution < 1.29 is 14.3 Å². The fourth-order valence-corrected chi connectivity index (χ4v) is 2.86. The molecule has 0 radical (unpaired) electrons. The molecule has 22 heavy (non-hydrogen) atoms. The number of hydrogen-bond acceptors (Lipinski definition) is 4. The third-order valence-corrected chi connectivity index (χ3v) is 3.89. The second kappa shape index (κ2) is 7.71. The molecule has 0 spiro atoms. The molecule has 1 N–H and O–H groups in total. The minimum Gasteiger partial charge on any atom is -0.497 e. The van der Waals surface area contributed by atoms with E-state index in [1.54, 1.807) is 14.2 Å². The Morgan fingerprint density at radius 3 is 2.95 bits per heavy atom. The van der Waals surface area contributed by atoms with Crippen LogP contribution in [0, 0.1) is 12.3 Å². The van der Waals surface area contributed by atoms with Gasteiger partial charge in [0.1, 0.15) is 11.5 Å². The predicted octanol–water partition coefficient (Wildman–Crippen LogP) is 1.59. The van der Waals surface area contributed by atoms with Crippen LogP contribution in [-0.4, -0.2) is 44.7 Å². The zero-order valence-electron chi connectivity index (χ0n) is 13.1. The molecule has 1 aliphatic heterocycles. The van der Waals surface area contributed by atoms with E-state index in [9.17, 15) is 4.79 Å². The summed E-state index contributed by atoms with van der Waals surface area (Å²) in [5, 5.41) is 2.71. The summed E-state index contributed by atoms with van der Waals surface area (Å²) in [5.41, 5.74) is 1.06. The molecule has 1 amide bonds. The van der Waals surface area contributed by atoms with Crippen LogP contribution in [0.5, 0.6) is 11.5 Å². The van der Waals surface area contributed by atoms with Crippen molar-refractivity contribution in [2.24, 2.45) is 0 Å². The van der Waals surface area contributed by atoms with E-state index in [4.69, 9.17) is 15.9 Å². The first kappa shape index (κ1) is 16.2. The lowest BCUT2D eigenvalue weighted by molar-refractivity contribution is -0.122. The Hall–Kier alpha value is -2.19. The van der Waals surface area contributed by atoms with Crippen LogP contribution in [0.4, 0.5) is 0 Å². The number of nitrogens with one attached hydrogen (secondary N) is 1. The Bertz CT molecular complexity index is 566. The quantitative estimate of drug-likeness (QED) is 0.811. The Kier molecular flexibility index (Phi) is 5.68. The average Bonchev–Trinajstić information content (AvgIpc) is 3.00.